The Kier molecular flexibility index (Phi) is 5.69. The van der Waals surface area contributed by atoms with E-state index in [0.29, 0.717) is 13.2 Å². The Labute approximate surface area is 171 Å². The van der Waals surface area contributed by atoms with E-state index in [4.69, 9.17) is 9.47 Å². The van der Waals surface area contributed by atoms with E-state index in [1.807, 2.05) is 13.0 Å². The highest BCUT2D eigenvalue weighted by Crippen LogP contribution is 2.39. The maximum atomic E-state index is 6.21. The van der Waals surface area contributed by atoms with Gasteiger partial charge in [-0.15, -0.1) is 11.8 Å². The molecule has 0 atom stereocenters. The number of ether oxygens (including phenoxy) is 2. The maximum absolute atomic E-state index is 6.21. The zero-order chi connectivity index (χ0) is 18.6. The normalized spacial score (nSPS) is 13.6. The molecule has 5 heteroatoms. The van der Waals surface area contributed by atoms with Crippen LogP contribution < -0.4 is 9.47 Å². The highest BCUT2D eigenvalue weighted by Gasteiger charge is 2.17. The van der Waals surface area contributed by atoms with Crippen molar-refractivity contribution in [3.05, 3.63) is 70.2 Å². The monoisotopic (exact) mass is 441 g/mol. The van der Waals surface area contributed by atoms with E-state index in [1.165, 1.54) is 10.8 Å². The second kappa shape index (κ2) is 8.36. The molecule has 0 unspecified atom stereocenters. The van der Waals surface area contributed by atoms with Gasteiger partial charge in [0.25, 0.3) is 0 Å². The lowest BCUT2D eigenvalue weighted by atomic mass is 10.1. The summed E-state index contributed by atoms with van der Waals surface area (Å²) < 4.78 is 13.0. The number of benzene rings is 3. The van der Waals surface area contributed by atoms with Crippen LogP contribution in [0.4, 0.5) is 0 Å². The van der Waals surface area contributed by atoms with Crippen LogP contribution in [0.1, 0.15) is 18.1 Å². The van der Waals surface area contributed by atoms with Crippen molar-refractivity contribution >= 4 is 43.5 Å². The molecule has 1 aliphatic heterocycles. The SMILES string of the molecule is CCOc1cc(C2=NCCS2)cc(Br)c1OCc1cccc2ccccc12. The van der Waals surface area contributed by atoms with Crippen molar-refractivity contribution in [2.24, 2.45) is 4.99 Å². The zero-order valence-corrected chi connectivity index (χ0v) is 17.5. The Morgan fingerprint density at radius 2 is 1.93 bits per heavy atom. The molecule has 0 N–H and O–H groups in total. The number of nitrogens with zero attached hydrogens (tertiary/aromatic N) is 1. The van der Waals surface area contributed by atoms with Gasteiger partial charge in [-0.2, -0.15) is 0 Å². The van der Waals surface area contributed by atoms with Crippen LogP contribution in [0.25, 0.3) is 10.8 Å². The summed E-state index contributed by atoms with van der Waals surface area (Å²) in [6.07, 6.45) is 0. The van der Waals surface area contributed by atoms with Gasteiger partial charge in [0.1, 0.15) is 6.61 Å². The molecule has 0 aromatic heterocycles. The van der Waals surface area contributed by atoms with Crippen LogP contribution >= 0.6 is 27.7 Å². The van der Waals surface area contributed by atoms with E-state index < -0.39 is 0 Å². The number of fused-ring (bicyclic) bond motifs is 1. The number of hydrogen-bond donors (Lipinski definition) is 0. The van der Waals surface area contributed by atoms with Gasteiger partial charge in [-0.05, 0) is 51.3 Å². The Balaban J connectivity index is 1.64. The van der Waals surface area contributed by atoms with Crippen molar-refractivity contribution in [2.75, 3.05) is 18.9 Å². The van der Waals surface area contributed by atoms with Gasteiger partial charge in [0.2, 0.25) is 0 Å². The van der Waals surface area contributed by atoms with Crippen LogP contribution in [0.3, 0.4) is 0 Å². The molecule has 27 heavy (non-hydrogen) atoms. The summed E-state index contributed by atoms with van der Waals surface area (Å²) >= 11 is 5.45. The number of rotatable bonds is 6. The molecule has 0 fully saturated rings. The summed E-state index contributed by atoms with van der Waals surface area (Å²) in [5, 5.41) is 3.49. The third-order valence-electron chi connectivity index (χ3n) is 4.39. The molecule has 4 rings (SSSR count). The van der Waals surface area contributed by atoms with Crippen LogP contribution in [0.15, 0.2) is 64.1 Å². The average molecular weight is 442 g/mol. The van der Waals surface area contributed by atoms with E-state index >= 15 is 0 Å². The van der Waals surface area contributed by atoms with Gasteiger partial charge in [-0.25, -0.2) is 0 Å². The highest BCUT2D eigenvalue weighted by molar-refractivity contribution is 9.10. The van der Waals surface area contributed by atoms with Crippen molar-refractivity contribution in [3.8, 4) is 11.5 Å². The fraction of sp³-hybridized carbons (Fsp3) is 0.227. The van der Waals surface area contributed by atoms with Crippen LogP contribution in [0.2, 0.25) is 0 Å². The van der Waals surface area contributed by atoms with Crippen molar-refractivity contribution in [2.45, 2.75) is 13.5 Å². The van der Waals surface area contributed by atoms with Crippen LogP contribution in [0, 0.1) is 0 Å². The first-order chi connectivity index (χ1) is 13.3. The molecule has 3 aromatic rings. The number of halogens is 1. The summed E-state index contributed by atoms with van der Waals surface area (Å²) in [6, 6.07) is 18.8. The third-order valence-corrected chi connectivity index (χ3v) is 6.01. The Hall–Kier alpha value is -1.98. The Morgan fingerprint density at radius 3 is 2.74 bits per heavy atom. The molecule has 0 spiro atoms. The molecule has 1 heterocycles. The fourth-order valence-electron chi connectivity index (χ4n) is 3.17. The minimum Gasteiger partial charge on any atom is -0.490 e. The molecular weight excluding hydrogens is 422 g/mol. The lowest BCUT2D eigenvalue weighted by Gasteiger charge is -2.16. The fourth-order valence-corrected chi connectivity index (χ4v) is 4.57. The van der Waals surface area contributed by atoms with Crippen molar-refractivity contribution in [3.63, 3.8) is 0 Å². The third kappa shape index (κ3) is 3.99. The Morgan fingerprint density at radius 1 is 1.07 bits per heavy atom. The summed E-state index contributed by atoms with van der Waals surface area (Å²) in [4.78, 5) is 4.57. The van der Waals surface area contributed by atoms with Gasteiger partial charge in [0.05, 0.1) is 16.1 Å². The first-order valence-corrected chi connectivity index (χ1v) is 10.8. The molecule has 1 aliphatic rings. The first-order valence-electron chi connectivity index (χ1n) is 8.99. The minimum absolute atomic E-state index is 0.481. The van der Waals surface area contributed by atoms with Crippen molar-refractivity contribution in [1.82, 2.24) is 0 Å². The topological polar surface area (TPSA) is 30.8 Å². The van der Waals surface area contributed by atoms with Gasteiger partial charge >= 0.3 is 0 Å². The maximum Gasteiger partial charge on any atom is 0.175 e. The Bertz CT molecular complexity index is 998. The molecule has 3 aromatic carbocycles. The van der Waals surface area contributed by atoms with E-state index in [-0.39, 0.29) is 0 Å². The molecule has 0 aliphatic carbocycles. The molecule has 0 bridgehead atoms. The smallest absolute Gasteiger partial charge is 0.175 e. The van der Waals surface area contributed by atoms with E-state index in [9.17, 15) is 0 Å². The zero-order valence-electron chi connectivity index (χ0n) is 15.1. The van der Waals surface area contributed by atoms with Gasteiger partial charge < -0.3 is 9.47 Å². The summed E-state index contributed by atoms with van der Waals surface area (Å²) in [5.74, 6) is 2.52. The van der Waals surface area contributed by atoms with Crippen molar-refractivity contribution in [1.29, 1.82) is 0 Å². The van der Waals surface area contributed by atoms with Crippen LogP contribution in [-0.2, 0) is 6.61 Å². The quantitative estimate of drug-likeness (QED) is 0.464. The molecule has 138 valence electrons. The standard InChI is InChI=1S/C22H20BrNO2S/c1-2-25-20-13-17(22-24-10-11-27-22)12-19(23)21(20)26-14-16-8-5-7-15-6-3-4-9-18(15)16/h3-9,12-13H,2,10-11,14H2,1H3. The van der Waals surface area contributed by atoms with Gasteiger partial charge in [0.15, 0.2) is 11.5 Å². The second-order valence-electron chi connectivity index (χ2n) is 6.18. The van der Waals surface area contributed by atoms with Crippen LogP contribution in [0.5, 0.6) is 11.5 Å². The van der Waals surface area contributed by atoms with E-state index in [2.05, 4.69) is 69.5 Å². The molecule has 0 saturated carbocycles. The largest absolute Gasteiger partial charge is 0.490 e. The number of hydrogen-bond acceptors (Lipinski definition) is 4. The van der Waals surface area contributed by atoms with Gasteiger partial charge in [-0.3, -0.25) is 4.99 Å². The van der Waals surface area contributed by atoms with E-state index in [0.717, 1.165) is 44.4 Å². The first kappa shape index (κ1) is 18.4. The average Bonchev–Trinajstić information content (AvgIpc) is 3.22. The summed E-state index contributed by atoms with van der Waals surface area (Å²) in [5.41, 5.74) is 2.23. The number of thioether (sulfide) groups is 1. The molecular formula is C22H20BrNO2S. The van der Waals surface area contributed by atoms with Gasteiger partial charge in [-0.1, -0.05) is 42.5 Å². The number of aliphatic imine (C=N–C) groups is 1. The minimum atomic E-state index is 0.481. The summed E-state index contributed by atoms with van der Waals surface area (Å²) in [6.45, 7) is 3.92. The predicted molar refractivity (Wildman–Crippen MR) is 117 cm³/mol. The second-order valence-corrected chi connectivity index (χ2v) is 8.12. The van der Waals surface area contributed by atoms with Gasteiger partial charge in [0, 0.05) is 17.9 Å². The van der Waals surface area contributed by atoms with E-state index in [1.54, 1.807) is 11.8 Å². The lowest BCUT2D eigenvalue weighted by Crippen LogP contribution is -2.03. The molecule has 3 nitrogen and oxygen atoms in total. The van der Waals surface area contributed by atoms with Crippen molar-refractivity contribution < 1.29 is 9.47 Å². The highest BCUT2D eigenvalue weighted by atomic mass is 79.9. The van der Waals surface area contributed by atoms with Crippen LogP contribution in [-0.4, -0.2) is 23.9 Å². The predicted octanol–water partition coefficient (Wildman–Crippen LogP) is 6.07. The lowest BCUT2D eigenvalue weighted by molar-refractivity contribution is 0.268. The molecule has 0 amide bonds. The molecule has 0 radical (unpaired) electrons. The summed E-state index contributed by atoms with van der Waals surface area (Å²) in [7, 11) is 0. The molecule has 0 saturated heterocycles.